The molecule has 1 unspecified atom stereocenters. The Labute approximate surface area is 115 Å². The molecule has 0 aliphatic rings. The maximum atomic E-state index is 10.9. The summed E-state index contributed by atoms with van der Waals surface area (Å²) in [5, 5.41) is 18.2. The molecule has 2 aromatic rings. The first-order valence-corrected chi connectivity index (χ1v) is 6.71. The molecule has 0 fully saturated rings. The van der Waals surface area contributed by atoms with E-state index in [9.17, 15) is 4.79 Å². The summed E-state index contributed by atoms with van der Waals surface area (Å²) in [6, 6.07) is 3.69. The van der Waals surface area contributed by atoms with E-state index < -0.39 is 5.97 Å². The van der Waals surface area contributed by atoms with Gasteiger partial charge in [0.2, 0.25) is 0 Å². The Kier molecular flexibility index (Phi) is 4.48. The number of nitrogens with one attached hydrogen (secondary N) is 1. The summed E-state index contributed by atoms with van der Waals surface area (Å²) in [7, 11) is 0. The number of nitrogens with zero attached hydrogens (tertiary/aromatic N) is 2. The van der Waals surface area contributed by atoms with Crippen molar-refractivity contribution in [3.8, 4) is 0 Å². The van der Waals surface area contributed by atoms with E-state index >= 15 is 0 Å². The lowest BCUT2D eigenvalue weighted by molar-refractivity contribution is -0.137. The molecule has 5 nitrogen and oxygen atoms in total. The Morgan fingerprint density at radius 1 is 1.68 bits per heavy atom. The predicted molar refractivity (Wildman–Crippen MR) is 74.8 cm³/mol. The van der Waals surface area contributed by atoms with Crippen molar-refractivity contribution in [1.29, 1.82) is 0 Å². The molecule has 0 radical (unpaired) electrons. The van der Waals surface area contributed by atoms with E-state index in [1.807, 2.05) is 23.7 Å². The van der Waals surface area contributed by atoms with Crippen LogP contribution in [0.25, 0.3) is 6.20 Å². The fraction of sp³-hybridized carbons (Fsp3) is 0.231. The summed E-state index contributed by atoms with van der Waals surface area (Å²) in [4.78, 5) is 11.9. The smallest absolute Gasteiger partial charge is 0.305 e. The van der Waals surface area contributed by atoms with Crippen LogP contribution < -0.4 is 5.32 Å². The molecule has 19 heavy (non-hydrogen) atoms. The highest BCUT2D eigenvalue weighted by Crippen LogP contribution is 2.22. The number of thiophene rings is 1. The number of carbonyl (C=O) groups is 1. The molecule has 100 valence electrons. The molecule has 2 heterocycles. The standard InChI is InChI=1S/C13H15N3O2S/c1-2-16-9-10(8-15-16)7-14-11(6-13(17)18)12-4-3-5-19-12/h2-5,8-9,11,14H,1,6-7H2,(H,17,18). The first-order valence-electron chi connectivity index (χ1n) is 5.83. The number of aromatic nitrogens is 2. The lowest BCUT2D eigenvalue weighted by atomic mass is 10.1. The molecule has 0 bridgehead atoms. The van der Waals surface area contributed by atoms with Crippen molar-refractivity contribution in [3.05, 3.63) is 46.9 Å². The minimum Gasteiger partial charge on any atom is -0.481 e. The van der Waals surface area contributed by atoms with Crippen LogP contribution in [0.5, 0.6) is 0 Å². The van der Waals surface area contributed by atoms with Gasteiger partial charge in [-0.25, -0.2) is 4.68 Å². The summed E-state index contributed by atoms with van der Waals surface area (Å²) in [6.45, 7) is 4.20. The number of rotatable bonds is 7. The van der Waals surface area contributed by atoms with Crippen LogP contribution in [0.4, 0.5) is 0 Å². The van der Waals surface area contributed by atoms with Crippen LogP contribution in [0.2, 0.25) is 0 Å². The third kappa shape index (κ3) is 3.77. The van der Waals surface area contributed by atoms with Gasteiger partial charge in [0, 0.05) is 29.4 Å². The van der Waals surface area contributed by atoms with Crippen LogP contribution in [0.15, 0.2) is 36.5 Å². The van der Waals surface area contributed by atoms with Gasteiger partial charge in [-0.05, 0) is 11.4 Å². The fourth-order valence-corrected chi connectivity index (χ4v) is 2.55. The Morgan fingerprint density at radius 3 is 3.11 bits per heavy atom. The predicted octanol–water partition coefficient (Wildman–Crippen LogP) is 2.35. The fourth-order valence-electron chi connectivity index (χ4n) is 1.75. The number of hydrogen-bond donors (Lipinski definition) is 2. The van der Waals surface area contributed by atoms with Gasteiger partial charge in [-0.1, -0.05) is 12.6 Å². The summed E-state index contributed by atoms with van der Waals surface area (Å²) in [6.07, 6.45) is 5.26. The average molecular weight is 277 g/mol. The molecule has 0 aliphatic heterocycles. The van der Waals surface area contributed by atoms with Gasteiger partial charge in [-0.3, -0.25) is 4.79 Å². The van der Waals surface area contributed by atoms with E-state index in [4.69, 9.17) is 5.11 Å². The van der Waals surface area contributed by atoms with Crippen molar-refractivity contribution in [3.63, 3.8) is 0 Å². The third-order valence-electron chi connectivity index (χ3n) is 2.66. The molecule has 6 heteroatoms. The third-order valence-corrected chi connectivity index (χ3v) is 3.65. The average Bonchev–Trinajstić information content (AvgIpc) is 3.05. The summed E-state index contributed by atoms with van der Waals surface area (Å²) < 4.78 is 1.62. The monoisotopic (exact) mass is 277 g/mol. The van der Waals surface area contributed by atoms with Gasteiger partial charge in [0.1, 0.15) is 0 Å². The van der Waals surface area contributed by atoms with Crippen molar-refractivity contribution in [2.75, 3.05) is 0 Å². The Morgan fingerprint density at radius 2 is 2.53 bits per heavy atom. The van der Waals surface area contributed by atoms with Crippen molar-refractivity contribution in [2.45, 2.75) is 19.0 Å². The second-order valence-corrected chi connectivity index (χ2v) is 5.04. The van der Waals surface area contributed by atoms with Gasteiger partial charge in [0.25, 0.3) is 0 Å². The number of aliphatic carboxylic acids is 1. The molecule has 2 aromatic heterocycles. The summed E-state index contributed by atoms with van der Waals surface area (Å²) >= 11 is 1.56. The second kappa shape index (κ2) is 6.31. The maximum absolute atomic E-state index is 10.9. The molecular weight excluding hydrogens is 262 g/mol. The molecule has 0 spiro atoms. The van der Waals surface area contributed by atoms with Gasteiger partial charge in [-0.2, -0.15) is 5.10 Å². The SMILES string of the molecule is C=Cn1cc(CNC(CC(=O)O)c2cccs2)cn1. The molecule has 2 rings (SSSR count). The van der Waals surface area contributed by atoms with Gasteiger partial charge >= 0.3 is 5.97 Å². The van der Waals surface area contributed by atoms with Crippen molar-refractivity contribution >= 4 is 23.5 Å². The highest BCUT2D eigenvalue weighted by Gasteiger charge is 2.16. The lowest BCUT2D eigenvalue weighted by Gasteiger charge is -2.14. The van der Waals surface area contributed by atoms with Crippen LogP contribution in [-0.2, 0) is 11.3 Å². The summed E-state index contributed by atoms with van der Waals surface area (Å²) in [5.74, 6) is -0.812. The van der Waals surface area contributed by atoms with Crippen molar-refractivity contribution in [2.24, 2.45) is 0 Å². The van der Waals surface area contributed by atoms with Crippen LogP contribution >= 0.6 is 11.3 Å². The van der Waals surface area contributed by atoms with Crippen LogP contribution in [0, 0.1) is 0 Å². The molecular formula is C13H15N3O2S. The van der Waals surface area contributed by atoms with Crippen LogP contribution in [0.1, 0.15) is 22.9 Å². The largest absolute Gasteiger partial charge is 0.481 e. The molecule has 0 saturated heterocycles. The molecule has 0 saturated carbocycles. The zero-order valence-electron chi connectivity index (χ0n) is 10.3. The normalized spacial score (nSPS) is 12.2. The quantitative estimate of drug-likeness (QED) is 0.815. The zero-order valence-corrected chi connectivity index (χ0v) is 11.1. The molecule has 1 atom stereocenters. The topological polar surface area (TPSA) is 67.2 Å². The Balaban J connectivity index is 2.00. The minimum absolute atomic E-state index is 0.0656. The Bertz CT molecular complexity index is 548. The number of carboxylic acid groups (broad SMARTS) is 1. The summed E-state index contributed by atoms with van der Waals surface area (Å²) in [5.41, 5.74) is 0.992. The van der Waals surface area contributed by atoms with Crippen molar-refractivity contribution in [1.82, 2.24) is 15.1 Å². The molecule has 2 N–H and O–H groups in total. The van der Waals surface area contributed by atoms with E-state index in [0.29, 0.717) is 6.54 Å². The zero-order chi connectivity index (χ0) is 13.7. The van der Waals surface area contributed by atoms with Gasteiger partial charge in [-0.15, -0.1) is 11.3 Å². The van der Waals surface area contributed by atoms with E-state index in [0.717, 1.165) is 10.4 Å². The molecule has 0 aromatic carbocycles. The first kappa shape index (κ1) is 13.5. The van der Waals surface area contributed by atoms with Gasteiger partial charge in [0.15, 0.2) is 0 Å². The minimum atomic E-state index is -0.812. The second-order valence-electron chi connectivity index (χ2n) is 4.06. The van der Waals surface area contributed by atoms with Crippen LogP contribution in [-0.4, -0.2) is 20.9 Å². The maximum Gasteiger partial charge on any atom is 0.305 e. The van der Waals surface area contributed by atoms with Gasteiger partial charge < -0.3 is 10.4 Å². The van der Waals surface area contributed by atoms with Crippen LogP contribution in [0.3, 0.4) is 0 Å². The van der Waals surface area contributed by atoms with E-state index in [2.05, 4.69) is 17.0 Å². The number of hydrogen-bond acceptors (Lipinski definition) is 4. The highest BCUT2D eigenvalue weighted by molar-refractivity contribution is 7.10. The van der Waals surface area contributed by atoms with E-state index in [-0.39, 0.29) is 12.5 Å². The highest BCUT2D eigenvalue weighted by atomic mass is 32.1. The van der Waals surface area contributed by atoms with Gasteiger partial charge in [0.05, 0.1) is 18.7 Å². The Hall–Kier alpha value is -1.92. The first-order chi connectivity index (χ1) is 9.19. The lowest BCUT2D eigenvalue weighted by Crippen LogP contribution is -2.22. The number of carboxylic acids is 1. The van der Waals surface area contributed by atoms with E-state index in [1.54, 1.807) is 28.4 Å². The van der Waals surface area contributed by atoms with E-state index in [1.165, 1.54) is 0 Å². The van der Waals surface area contributed by atoms with Crippen molar-refractivity contribution < 1.29 is 9.90 Å². The molecule has 0 aliphatic carbocycles. The molecule has 0 amide bonds.